The molecule has 2 aromatic rings. The van der Waals surface area contributed by atoms with Gasteiger partial charge in [0.25, 0.3) is 5.91 Å². The second-order valence-corrected chi connectivity index (χ2v) is 7.78. The first-order chi connectivity index (χ1) is 15.1. The number of hydrogen-bond donors (Lipinski definition) is 4. The van der Waals surface area contributed by atoms with E-state index in [4.69, 9.17) is 10.4 Å². The van der Waals surface area contributed by atoms with Crippen LogP contribution in [0.2, 0.25) is 0 Å². The third-order valence-corrected chi connectivity index (χ3v) is 4.85. The van der Waals surface area contributed by atoms with Gasteiger partial charge in [0.2, 0.25) is 11.8 Å². The highest BCUT2D eigenvalue weighted by Crippen LogP contribution is 2.16. The van der Waals surface area contributed by atoms with Crippen molar-refractivity contribution < 1.29 is 24.3 Å². The molecule has 168 valence electrons. The van der Waals surface area contributed by atoms with E-state index in [1.807, 2.05) is 30.3 Å². The number of carboxylic acids is 1. The van der Waals surface area contributed by atoms with Crippen molar-refractivity contribution in [1.82, 2.24) is 16.0 Å². The molecule has 0 aliphatic heterocycles. The normalized spacial score (nSPS) is 13.5. The lowest BCUT2D eigenvalue weighted by Gasteiger charge is -2.24. The zero-order valence-corrected chi connectivity index (χ0v) is 18.1. The fourth-order valence-electron chi connectivity index (χ4n) is 3.06. The standard InChI is InChI=1S/C23H26N4O5/c1-13(2)20(23(32)25-14(3)21(30)26-18(12-24)11-19(28)29)27-22(31)17-9-8-15-6-4-5-7-16(15)10-17/h4-10,13-14,18,20H,11H2,1-3H3,(H,25,32)(H,26,30)(H,27,31)(H,28,29)/t14-,18-,20-/m0/s1. The van der Waals surface area contributed by atoms with Crippen molar-refractivity contribution in [3.8, 4) is 6.07 Å². The lowest BCUT2D eigenvalue weighted by atomic mass is 10.0. The van der Waals surface area contributed by atoms with Crippen LogP contribution in [0, 0.1) is 17.2 Å². The van der Waals surface area contributed by atoms with Gasteiger partial charge >= 0.3 is 5.97 Å². The maximum atomic E-state index is 12.8. The van der Waals surface area contributed by atoms with Crippen LogP contribution in [0.25, 0.3) is 10.8 Å². The molecule has 0 bridgehead atoms. The van der Waals surface area contributed by atoms with Crippen LogP contribution in [0.4, 0.5) is 0 Å². The van der Waals surface area contributed by atoms with Crippen molar-refractivity contribution in [3.63, 3.8) is 0 Å². The summed E-state index contributed by atoms with van der Waals surface area (Å²) < 4.78 is 0. The Balaban J connectivity index is 2.04. The summed E-state index contributed by atoms with van der Waals surface area (Å²) >= 11 is 0. The Bertz CT molecular complexity index is 1060. The van der Waals surface area contributed by atoms with Gasteiger partial charge in [-0.15, -0.1) is 0 Å². The first kappa shape index (κ1) is 24.3. The smallest absolute Gasteiger partial charge is 0.306 e. The minimum atomic E-state index is -1.23. The zero-order chi connectivity index (χ0) is 23.8. The average Bonchev–Trinajstić information content (AvgIpc) is 2.75. The predicted molar refractivity (Wildman–Crippen MR) is 117 cm³/mol. The molecule has 9 nitrogen and oxygen atoms in total. The highest BCUT2D eigenvalue weighted by atomic mass is 16.4. The number of carbonyl (C=O) groups is 4. The van der Waals surface area contributed by atoms with Crippen molar-refractivity contribution in [2.45, 2.75) is 45.3 Å². The van der Waals surface area contributed by atoms with E-state index in [1.165, 1.54) is 6.92 Å². The Kier molecular flexibility index (Phi) is 8.30. The van der Waals surface area contributed by atoms with Gasteiger partial charge in [-0.25, -0.2) is 0 Å². The number of nitrogens with zero attached hydrogens (tertiary/aromatic N) is 1. The number of nitriles is 1. The molecule has 3 atom stereocenters. The van der Waals surface area contributed by atoms with Gasteiger partial charge in [0, 0.05) is 5.56 Å². The second-order valence-electron chi connectivity index (χ2n) is 7.78. The number of carboxylic acid groups (broad SMARTS) is 1. The van der Waals surface area contributed by atoms with Crippen LogP contribution in [0.3, 0.4) is 0 Å². The summed E-state index contributed by atoms with van der Waals surface area (Å²) in [6.07, 6.45) is -0.556. The van der Waals surface area contributed by atoms with E-state index in [0.29, 0.717) is 5.56 Å². The number of benzene rings is 2. The van der Waals surface area contributed by atoms with E-state index < -0.39 is 48.2 Å². The minimum absolute atomic E-state index is 0.270. The van der Waals surface area contributed by atoms with E-state index in [1.54, 1.807) is 32.0 Å². The number of fused-ring (bicyclic) bond motifs is 1. The van der Waals surface area contributed by atoms with E-state index in [-0.39, 0.29) is 5.92 Å². The first-order valence-electron chi connectivity index (χ1n) is 10.1. The van der Waals surface area contributed by atoms with Crippen molar-refractivity contribution in [2.75, 3.05) is 0 Å². The van der Waals surface area contributed by atoms with Crippen LogP contribution >= 0.6 is 0 Å². The highest BCUT2D eigenvalue weighted by Gasteiger charge is 2.28. The van der Waals surface area contributed by atoms with Gasteiger partial charge in [-0.2, -0.15) is 5.26 Å². The van der Waals surface area contributed by atoms with Crippen LogP contribution in [-0.4, -0.2) is 46.9 Å². The summed E-state index contributed by atoms with van der Waals surface area (Å²) in [5, 5.41) is 27.1. The topological polar surface area (TPSA) is 148 Å². The lowest BCUT2D eigenvalue weighted by molar-refractivity contribution is -0.137. The lowest BCUT2D eigenvalue weighted by Crippen LogP contribution is -2.55. The molecule has 4 N–H and O–H groups in total. The van der Waals surface area contributed by atoms with Crippen molar-refractivity contribution in [3.05, 3.63) is 48.0 Å². The van der Waals surface area contributed by atoms with Crippen LogP contribution in [0.1, 0.15) is 37.6 Å². The molecule has 0 spiro atoms. The van der Waals surface area contributed by atoms with Crippen molar-refractivity contribution in [2.24, 2.45) is 5.92 Å². The third kappa shape index (κ3) is 6.54. The molecule has 2 rings (SSSR count). The SMILES string of the molecule is CC(C)[C@H](NC(=O)c1ccc2ccccc2c1)C(=O)N[C@@H](C)C(=O)N[C@H](C#N)CC(=O)O. The molecule has 0 aliphatic carbocycles. The molecular formula is C23H26N4O5. The van der Waals surface area contributed by atoms with Gasteiger partial charge < -0.3 is 21.1 Å². The Morgan fingerprint density at radius 3 is 2.19 bits per heavy atom. The molecule has 0 radical (unpaired) electrons. The number of rotatable bonds is 9. The molecular weight excluding hydrogens is 412 g/mol. The highest BCUT2D eigenvalue weighted by molar-refractivity contribution is 6.01. The van der Waals surface area contributed by atoms with Crippen molar-refractivity contribution >= 4 is 34.5 Å². The minimum Gasteiger partial charge on any atom is -0.481 e. The largest absolute Gasteiger partial charge is 0.481 e. The Labute approximate surface area is 185 Å². The molecule has 0 saturated carbocycles. The summed E-state index contributed by atoms with van der Waals surface area (Å²) in [6, 6.07) is 11.4. The molecule has 32 heavy (non-hydrogen) atoms. The second kappa shape index (κ2) is 10.9. The molecule has 2 aromatic carbocycles. The summed E-state index contributed by atoms with van der Waals surface area (Å²) in [4.78, 5) is 48.5. The quantitative estimate of drug-likeness (QED) is 0.467. The zero-order valence-electron chi connectivity index (χ0n) is 18.1. The maximum Gasteiger partial charge on any atom is 0.306 e. The molecule has 0 heterocycles. The molecule has 0 aliphatic rings. The maximum absolute atomic E-state index is 12.8. The first-order valence-corrected chi connectivity index (χ1v) is 10.1. The van der Waals surface area contributed by atoms with Gasteiger partial charge in [-0.1, -0.05) is 44.2 Å². The summed E-state index contributed by atoms with van der Waals surface area (Å²) in [5.74, 6) is -3.19. The Hall–Kier alpha value is -3.93. The molecule has 3 amide bonds. The number of amides is 3. The summed E-state index contributed by atoms with van der Waals surface area (Å²) in [6.45, 7) is 4.92. The molecule has 0 saturated heterocycles. The van der Waals surface area contributed by atoms with Gasteiger partial charge in [0.15, 0.2) is 0 Å². The molecule has 0 fully saturated rings. The van der Waals surface area contributed by atoms with Crippen LogP contribution in [0.15, 0.2) is 42.5 Å². The van der Waals surface area contributed by atoms with Gasteiger partial charge in [-0.3, -0.25) is 19.2 Å². The van der Waals surface area contributed by atoms with Gasteiger partial charge in [-0.05, 0) is 35.7 Å². The summed E-state index contributed by atoms with van der Waals surface area (Å²) in [5.41, 5.74) is 0.401. The van der Waals surface area contributed by atoms with E-state index in [9.17, 15) is 19.2 Å². The van der Waals surface area contributed by atoms with E-state index in [2.05, 4.69) is 16.0 Å². The molecule has 9 heteroatoms. The molecule has 0 unspecified atom stereocenters. The number of aliphatic carboxylic acids is 1. The Morgan fingerprint density at radius 1 is 0.938 bits per heavy atom. The third-order valence-electron chi connectivity index (χ3n) is 4.85. The van der Waals surface area contributed by atoms with Crippen LogP contribution in [-0.2, 0) is 14.4 Å². The number of nitrogens with one attached hydrogen (secondary N) is 3. The van der Waals surface area contributed by atoms with E-state index in [0.717, 1.165) is 10.8 Å². The molecule has 0 aromatic heterocycles. The van der Waals surface area contributed by atoms with E-state index >= 15 is 0 Å². The summed E-state index contributed by atoms with van der Waals surface area (Å²) in [7, 11) is 0. The fourth-order valence-corrected chi connectivity index (χ4v) is 3.06. The van der Waals surface area contributed by atoms with Crippen LogP contribution < -0.4 is 16.0 Å². The Morgan fingerprint density at radius 2 is 1.59 bits per heavy atom. The van der Waals surface area contributed by atoms with Crippen LogP contribution in [0.5, 0.6) is 0 Å². The number of hydrogen-bond acceptors (Lipinski definition) is 5. The average molecular weight is 438 g/mol. The monoisotopic (exact) mass is 438 g/mol. The van der Waals surface area contributed by atoms with Crippen molar-refractivity contribution in [1.29, 1.82) is 5.26 Å². The van der Waals surface area contributed by atoms with Gasteiger partial charge in [0.05, 0.1) is 12.5 Å². The fraction of sp³-hybridized carbons (Fsp3) is 0.348. The van der Waals surface area contributed by atoms with Gasteiger partial charge in [0.1, 0.15) is 18.1 Å². The number of carbonyl (C=O) groups excluding carboxylic acids is 3. The predicted octanol–water partition coefficient (Wildman–Crippen LogP) is 1.58.